The van der Waals surface area contributed by atoms with Gasteiger partial charge in [-0.3, -0.25) is 0 Å². The number of allylic oxidation sites excluding steroid dienone is 1. The van der Waals surface area contributed by atoms with E-state index >= 15 is 0 Å². The Balaban J connectivity index is 2.31. The van der Waals surface area contributed by atoms with Crippen molar-refractivity contribution in [2.75, 3.05) is 6.54 Å². The molecule has 3 nitrogen and oxygen atoms in total. The van der Waals surface area contributed by atoms with E-state index in [2.05, 4.69) is 0 Å². The first kappa shape index (κ1) is 12.3. The average Bonchev–Trinajstić information content (AvgIpc) is 2.92. The van der Waals surface area contributed by atoms with E-state index in [1.807, 2.05) is 45.1 Å². The zero-order valence-electron chi connectivity index (χ0n) is 10.3. The molecule has 0 radical (unpaired) electrons. The van der Waals surface area contributed by atoms with E-state index in [9.17, 15) is 8.42 Å². The first-order valence-corrected chi connectivity index (χ1v) is 7.07. The van der Waals surface area contributed by atoms with Crippen molar-refractivity contribution in [3.05, 3.63) is 42.0 Å². The van der Waals surface area contributed by atoms with E-state index in [-0.39, 0.29) is 5.54 Å². The third-order valence-corrected chi connectivity index (χ3v) is 5.06. The molecule has 0 amide bonds. The molecule has 4 heteroatoms. The van der Waals surface area contributed by atoms with Crippen LogP contribution >= 0.6 is 0 Å². The summed E-state index contributed by atoms with van der Waals surface area (Å²) in [6, 6.07) is 6.98. The predicted octanol–water partition coefficient (Wildman–Crippen LogP) is 2.33. The normalized spacial score (nSPS) is 28.5. The van der Waals surface area contributed by atoms with E-state index in [0.717, 1.165) is 5.56 Å². The number of rotatable bonds is 3. The van der Waals surface area contributed by atoms with Crippen LogP contribution in [-0.4, -0.2) is 24.8 Å². The van der Waals surface area contributed by atoms with E-state index in [4.69, 9.17) is 0 Å². The highest BCUT2D eigenvalue weighted by Crippen LogP contribution is 2.39. The molecule has 2 atom stereocenters. The molecule has 1 fully saturated rings. The molecule has 0 aromatic heterocycles. The highest BCUT2D eigenvalue weighted by molar-refractivity contribution is 7.89. The fraction of sp³-hybridized carbons (Fsp3) is 0.385. The molecule has 1 heterocycles. The number of hydrogen-bond donors (Lipinski definition) is 0. The monoisotopic (exact) mass is 251 g/mol. The number of nitrogens with zero attached hydrogens (tertiary/aromatic N) is 1. The Hall–Kier alpha value is -1.13. The zero-order valence-corrected chi connectivity index (χ0v) is 11.2. The van der Waals surface area contributed by atoms with E-state index < -0.39 is 10.0 Å². The molecule has 1 aliphatic heterocycles. The fourth-order valence-corrected chi connectivity index (χ4v) is 3.72. The molecule has 2 unspecified atom stereocenters. The number of hydrogen-bond acceptors (Lipinski definition) is 2. The first-order valence-electron chi connectivity index (χ1n) is 5.63. The lowest BCUT2D eigenvalue weighted by atomic mass is 10.2. The summed E-state index contributed by atoms with van der Waals surface area (Å²) < 4.78 is 26.1. The molecule has 1 saturated heterocycles. The van der Waals surface area contributed by atoms with Gasteiger partial charge in [-0.1, -0.05) is 29.8 Å². The van der Waals surface area contributed by atoms with E-state index in [0.29, 0.717) is 11.4 Å². The summed E-state index contributed by atoms with van der Waals surface area (Å²) in [6.45, 7) is 6.34. The summed E-state index contributed by atoms with van der Waals surface area (Å²) >= 11 is 0. The largest absolute Gasteiger partial charge is 0.243 e. The van der Waals surface area contributed by atoms with Crippen LogP contribution in [0.1, 0.15) is 19.4 Å². The van der Waals surface area contributed by atoms with Gasteiger partial charge in [0, 0.05) is 6.54 Å². The first-order chi connectivity index (χ1) is 7.90. The quantitative estimate of drug-likeness (QED) is 0.611. The molecule has 0 spiro atoms. The smallest absolute Gasteiger partial charge is 0.207 e. The van der Waals surface area contributed by atoms with Gasteiger partial charge in [0.25, 0.3) is 0 Å². The van der Waals surface area contributed by atoms with Gasteiger partial charge in [-0.15, -0.1) is 0 Å². The lowest BCUT2D eigenvalue weighted by Gasteiger charge is -2.09. The minimum Gasteiger partial charge on any atom is -0.207 e. The predicted molar refractivity (Wildman–Crippen MR) is 68.3 cm³/mol. The standard InChI is InChI=1S/C13H17NO2S/c1-4-9-13(3)10-14(13)17(15,16)12-7-5-11(2)6-8-12/h4-9H,10H2,1-3H3. The molecule has 1 aromatic carbocycles. The Bertz CT molecular complexity index is 545. The second-order valence-electron chi connectivity index (χ2n) is 4.68. The highest BCUT2D eigenvalue weighted by Gasteiger charge is 2.53. The molecule has 1 aromatic rings. The third kappa shape index (κ3) is 2.15. The zero-order chi connectivity index (χ0) is 12.7. The van der Waals surface area contributed by atoms with Crippen LogP contribution in [0.2, 0.25) is 0 Å². The van der Waals surface area contributed by atoms with Crippen LogP contribution < -0.4 is 0 Å². The molecule has 2 rings (SSSR count). The maximum absolute atomic E-state index is 12.3. The summed E-state index contributed by atoms with van der Waals surface area (Å²) in [6.07, 6.45) is 3.82. The van der Waals surface area contributed by atoms with Gasteiger partial charge >= 0.3 is 0 Å². The van der Waals surface area contributed by atoms with Gasteiger partial charge in [-0.2, -0.15) is 4.31 Å². The lowest BCUT2D eigenvalue weighted by Crippen LogP contribution is -2.19. The van der Waals surface area contributed by atoms with Gasteiger partial charge in [0.1, 0.15) is 0 Å². The molecule has 0 N–H and O–H groups in total. The second kappa shape index (κ2) is 3.96. The summed E-state index contributed by atoms with van der Waals surface area (Å²) in [5.74, 6) is 0. The molecular weight excluding hydrogens is 234 g/mol. The summed E-state index contributed by atoms with van der Waals surface area (Å²) in [4.78, 5) is 0.372. The minimum absolute atomic E-state index is 0.335. The van der Waals surface area contributed by atoms with Crippen LogP contribution in [-0.2, 0) is 10.0 Å². The molecule has 17 heavy (non-hydrogen) atoms. The number of sulfonamides is 1. The van der Waals surface area contributed by atoms with E-state index in [1.54, 1.807) is 12.1 Å². The number of benzene rings is 1. The Morgan fingerprint density at radius 2 is 1.88 bits per heavy atom. The molecule has 92 valence electrons. The summed E-state index contributed by atoms with van der Waals surface area (Å²) in [5, 5.41) is 0. The fourth-order valence-electron chi connectivity index (χ4n) is 1.95. The number of aryl methyl sites for hydroxylation is 1. The van der Waals surface area contributed by atoms with Crippen LogP contribution in [0.3, 0.4) is 0 Å². The average molecular weight is 251 g/mol. The van der Waals surface area contributed by atoms with Crippen molar-refractivity contribution in [2.45, 2.75) is 31.2 Å². The summed E-state index contributed by atoms with van der Waals surface area (Å²) in [5.41, 5.74) is 0.726. The maximum atomic E-state index is 12.3. The van der Waals surface area contributed by atoms with Crippen molar-refractivity contribution in [1.29, 1.82) is 0 Å². The third-order valence-electron chi connectivity index (χ3n) is 3.06. The Labute approximate surface area is 103 Å². The molecule has 0 aliphatic carbocycles. The molecule has 1 aliphatic rings. The van der Waals surface area contributed by atoms with Gasteiger partial charge in [-0.25, -0.2) is 8.42 Å². The van der Waals surface area contributed by atoms with Gasteiger partial charge in [-0.05, 0) is 32.9 Å². The Morgan fingerprint density at radius 3 is 2.41 bits per heavy atom. The van der Waals surface area contributed by atoms with Crippen molar-refractivity contribution in [2.24, 2.45) is 0 Å². The molecule has 0 saturated carbocycles. The van der Waals surface area contributed by atoms with Gasteiger partial charge in [0.15, 0.2) is 0 Å². The Kier molecular flexibility index (Phi) is 2.87. The van der Waals surface area contributed by atoms with Crippen LogP contribution in [0.25, 0.3) is 0 Å². The molecule has 0 bridgehead atoms. The second-order valence-corrected chi connectivity index (χ2v) is 6.54. The van der Waals surface area contributed by atoms with Crippen molar-refractivity contribution in [1.82, 2.24) is 4.31 Å². The van der Waals surface area contributed by atoms with Crippen LogP contribution in [0.15, 0.2) is 41.3 Å². The van der Waals surface area contributed by atoms with Crippen molar-refractivity contribution >= 4 is 10.0 Å². The minimum atomic E-state index is -3.33. The van der Waals surface area contributed by atoms with E-state index in [1.165, 1.54) is 4.31 Å². The van der Waals surface area contributed by atoms with Gasteiger partial charge < -0.3 is 0 Å². The van der Waals surface area contributed by atoms with Crippen molar-refractivity contribution < 1.29 is 8.42 Å². The van der Waals surface area contributed by atoms with Crippen molar-refractivity contribution in [3.8, 4) is 0 Å². The summed E-state index contributed by atoms with van der Waals surface area (Å²) in [7, 11) is -3.33. The van der Waals surface area contributed by atoms with Gasteiger partial charge in [0.05, 0.1) is 10.4 Å². The highest BCUT2D eigenvalue weighted by atomic mass is 32.2. The van der Waals surface area contributed by atoms with Crippen LogP contribution in [0.4, 0.5) is 0 Å². The topological polar surface area (TPSA) is 37.1 Å². The lowest BCUT2D eigenvalue weighted by molar-refractivity contribution is 0.542. The van der Waals surface area contributed by atoms with Crippen molar-refractivity contribution in [3.63, 3.8) is 0 Å². The Morgan fingerprint density at radius 1 is 1.29 bits per heavy atom. The van der Waals surface area contributed by atoms with Crippen LogP contribution in [0.5, 0.6) is 0 Å². The molecular formula is C13H17NO2S. The maximum Gasteiger partial charge on any atom is 0.243 e. The van der Waals surface area contributed by atoms with Crippen LogP contribution in [0, 0.1) is 6.92 Å². The SMILES string of the molecule is CC=CC1(C)CN1S(=O)(=O)c1ccc(C)cc1. The van der Waals surface area contributed by atoms with Gasteiger partial charge in [0.2, 0.25) is 10.0 Å².